The van der Waals surface area contributed by atoms with Crippen LogP contribution >= 0.6 is 0 Å². The molecule has 2 aliphatic carbocycles. The van der Waals surface area contributed by atoms with Gasteiger partial charge < -0.3 is 0 Å². The van der Waals surface area contributed by atoms with Crippen LogP contribution in [0.3, 0.4) is 0 Å². The van der Waals surface area contributed by atoms with Crippen LogP contribution in [0.25, 0.3) is 0 Å². The van der Waals surface area contributed by atoms with Crippen LogP contribution in [0.4, 0.5) is 0 Å². The third-order valence-electron chi connectivity index (χ3n) is 3.26. The van der Waals surface area contributed by atoms with Gasteiger partial charge in [0.05, 0.1) is 24.0 Å². The number of fused-ring (bicyclic) bond motifs is 2. The molecule has 13 heavy (non-hydrogen) atoms. The van der Waals surface area contributed by atoms with E-state index < -0.39 is 0 Å². The Labute approximate surface area is 78.8 Å². The summed E-state index contributed by atoms with van der Waals surface area (Å²) in [6.07, 6.45) is 8.78. The van der Waals surface area contributed by atoms with Crippen molar-refractivity contribution in [3.05, 3.63) is 28.7 Å². The lowest BCUT2D eigenvalue weighted by atomic mass is 9.96. The van der Waals surface area contributed by atoms with Gasteiger partial charge in [0.2, 0.25) is 0 Å². The van der Waals surface area contributed by atoms with Gasteiger partial charge in [0, 0.05) is 0 Å². The second-order valence-corrected chi connectivity index (χ2v) is 4.20. The number of aryl methyl sites for hydroxylation is 4. The van der Waals surface area contributed by atoms with Crippen molar-refractivity contribution in [1.29, 1.82) is 0 Å². The van der Waals surface area contributed by atoms with E-state index in [9.17, 15) is 0 Å². The second kappa shape index (κ2) is 2.83. The van der Waals surface area contributed by atoms with Crippen LogP contribution in [0.5, 0.6) is 0 Å². The molecule has 0 saturated heterocycles. The van der Waals surface area contributed by atoms with E-state index in [0.29, 0.717) is 0 Å². The summed E-state index contributed by atoms with van der Waals surface area (Å²) in [6.45, 7) is 0. The summed E-state index contributed by atoms with van der Waals surface area (Å²) in [5, 5.41) is 0. The Kier molecular flexibility index (Phi) is 1.64. The fourth-order valence-electron chi connectivity index (χ4n) is 2.54. The highest BCUT2D eigenvalue weighted by Crippen LogP contribution is 2.29. The van der Waals surface area contributed by atoms with Gasteiger partial charge in [-0.05, 0) is 38.2 Å². The van der Waals surface area contributed by atoms with Crippen LogP contribution < -0.4 is 0 Å². The molecule has 0 fully saturated rings. The molecule has 0 radical (unpaired) electrons. The van der Waals surface area contributed by atoms with Gasteiger partial charge in [-0.25, -0.2) is 4.42 Å². The van der Waals surface area contributed by atoms with E-state index in [-0.39, 0.29) is 0 Å². The summed E-state index contributed by atoms with van der Waals surface area (Å²) < 4.78 is 5.94. The quantitative estimate of drug-likeness (QED) is 0.552. The standard InChI is InChI=1S/C12H15O/c1-2-6-11-9(4-1)8-10-5-3-7-12(10)13-11/h8H,1-7H2/q+1. The highest BCUT2D eigenvalue weighted by molar-refractivity contribution is 5.31. The Hall–Kier alpha value is -0.850. The van der Waals surface area contributed by atoms with Gasteiger partial charge in [0.1, 0.15) is 0 Å². The molecule has 0 amide bonds. The average Bonchev–Trinajstić information content (AvgIpc) is 2.61. The van der Waals surface area contributed by atoms with Crippen molar-refractivity contribution in [1.82, 2.24) is 0 Å². The molecule has 68 valence electrons. The lowest BCUT2D eigenvalue weighted by Crippen LogP contribution is -2.03. The molecule has 0 N–H and O–H groups in total. The number of hydrogen-bond donors (Lipinski definition) is 0. The van der Waals surface area contributed by atoms with Crippen molar-refractivity contribution in [3.63, 3.8) is 0 Å². The highest BCUT2D eigenvalue weighted by Gasteiger charge is 2.28. The van der Waals surface area contributed by atoms with Gasteiger partial charge in [-0.1, -0.05) is 0 Å². The van der Waals surface area contributed by atoms with Crippen molar-refractivity contribution in [2.75, 3.05) is 0 Å². The zero-order valence-corrected chi connectivity index (χ0v) is 7.94. The van der Waals surface area contributed by atoms with Crippen molar-refractivity contribution < 1.29 is 4.42 Å². The van der Waals surface area contributed by atoms with Gasteiger partial charge in [-0.2, -0.15) is 0 Å². The Morgan fingerprint density at radius 3 is 2.23 bits per heavy atom. The Morgan fingerprint density at radius 1 is 0.769 bits per heavy atom. The third-order valence-corrected chi connectivity index (χ3v) is 3.26. The minimum atomic E-state index is 1.17. The summed E-state index contributed by atoms with van der Waals surface area (Å²) in [4.78, 5) is 0. The molecule has 2 aliphatic rings. The smallest absolute Gasteiger partial charge is 0.217 e. The lowest BCUT2D eigenvalue weighted by molar-refractivity contribution is 0.423. The molecule has 0 saturated carbocycles. The number of rotatable bonds is 0. The zero-order chi connectivity index (χ0) is 8.67. The molecule has 0 aromatic carbocycles. The first-order valence-electron chi connectivity index (χ1n) is 5.40. The molecule has 0 bridgehead atoms. The third kappa shape index (κ3) is 1.18. The summed E-state index contributed by atoms with van der Waals surface area (Å²) >= 11 is 0. The van der Waals surface area contributed by atoms with E-state index >= 15 is 0 Å². The van der Waals surface area contributed by atoms with Gasteiger partial charge in [0.15, 0.2) is 0 Å². The van der Waals surface area contributed by atoms with Crippen molar-refractivity contribution in [2.45, 2.75) is 44.9 Å². The molecule has 1 heteroatoms. The van der Waals surface area contributed by atoms with E-state index in [4.69, 9.17) is 4.42 Å². The molecular formula is C12H15O+. The molecule has 1 heterocycles. The Balaban J connectivity index is 2.11. The molecule has 1 nitrogen and oxygen atoms in total. The summed E-state index contributed by atoms with van der Waals surface area (Å²) in [6, 6.07) is 2.40. The number of hydrogen-bond acceptors (Lipinski definition) is 0. The summed E-state index contributed by atoms with van der Waals surface area (Å²) in [5.74, 6) is 2.56. The van der Waals surface area contributed by atoms with E-state index in [1.165, 1.54) is 67.6 Å². The Bertz CT molecular complexity index is 308. The molecule has 1 aromatic heterocycles. The van der Waals surface area contributed by atoms with Crippen molar-refractivity contribution in [2.24, 2.45) is 0 Å². The maximum absolute atomic E-state index is 5.94. The van der Waals surface area contributed by atoms with Crippen LogP contribution in [0.2, 0.25) is 0 Å². The van der Waals surface area contributed by atoms with Crippen molar-refractivity contribution >= 4 is 0 Å². The SMILES string of the molecule is c1c2c([o+]c3c1CCC3)CCCC2. The van der Waals surface area contributed by atoms with Gasteiger partial charge >= 0.3 is 11.5 Å². The van der Waals surface area contributed by atoms with Crippen LogP contribution in [-0.2, 0) is 25.7 Å². The molecule has 3 rings (SSSR count). The minimum absolute atomic E-state index is 1.17. The van der Waals surface area contributed by atoms with E-state index in [1.807, 2.05) is 0 Å². The largest absolute Gasteiger partial charge is 0.332 e. The molecule has 1 aromatic rings. The maximum Gasteiger partial charge on any atom is 0.332 e. The van der Waals surface area contributed by atoms with Crippen LogP contribution in [-0.4, -0.2) is 0 Å². The molecule has 0 unspecified atom stereocenters. The van der Waals surface area contributed by atoms with Gasteiger partial charge in [0.25, 0.3) is 0 Å². The molecule has 0 spiro atoms. The van der Waals surface area contributed by atoms with Crippen LogP contribution in [0, 0.1) is 0 Å². The first-order chi connectivity index (χ1) is 6.43. The van der Waals surface area contributed by atoms with Crippen molar-refractivity contribution in [3.8, 4) is 0 Å². The van der Waals surface area contributed by atoms with Crippen LogP contribution in [0.1, 0.15) is 41.9 Å². The lowest BCUT2D eigenvalue weighted by Gasteiger charge is -2.07. The predicted octanol–water partition coefficient (Wildman–Crippen LogP) is 2.93. The molecule has 0 aliphatic heterocycles. The summed E-state index contributed by atoms with van der Waals surface area (Å²) in [7, 11) is 0. The fraction of sp³-hybridized carbons (Fsp3) is 0.583. The Morgan fingerprint density at radius 2 is 1.38 bits per heavy atom. The van der Waals surface area contributed by atoms with E-state index in [0.717, 1.165) is 0 Å². The average molecular weight is 175 g/mol. The first kappa shape index (κ1) is 7.54. The topological polar surface area (TPSA) is 11.3 Å². The zero-order valence-electron chi connectivity index (χ0n) is 7.94. The normalized spacial score (nSPS) is 19.7. The van der Waals surface area contributed by atoms with E-state index in [2.05, 4.69) is 6.07 Å². The second-order valence-electron chi connectivity index (χ2n) is 4.20. The molecular weight excluding hydrogens is 160 g/mol. The minimum Gasteiger partial charge on any atom is -0.217 e. The maximum atomic E-state index is 5.94. The van der Waals surface area contributed by atoms with Gasteiger partial charge in [-0.15, -0.1) is 0 Å². The monoisotopic (exact) mass is 175 g/mol. The first-order valence-corrected chi connectivity index (χ1v) is 5.40. The summed E-state index contributed by atoms with van der Waals surface area (Å²) in [5.41, 5.74) is 2.98. The highest BCUT2D eigenvalue weighted by atomic mass is 16.3. The molecule has 0 atom stereocenters. The van der Waals surface area contributed by atoms with Crippen LogP contribution in [0.15, 0.2) is 10.5 Å². The van der Waals surface area contributed by atoms with E-state index in [1.54, 1.807) is 0 Å². The van der Waals surface area contributed by atoms with Gasteiger partial charge in [-0.3, -0.25) is 0 Å². The fourth-order valence-corrected chi connectivity index (χ4v) is 2.54. The predicted molar refractivity (Wildman–Crippen MR) is 51.8 cm³/mol.